The van der Waals surface area contributed by atoms with E-state index in [-0.39, 0.29) is 0 Å². The average Bonchev–Trinajstić information content (AvgIpc) is 3.00. The minimum atomic E-state index is -2.79. The highest BCUT2D eigenvalue weighted by molar-refractivity contribution is 7.91. The lowest BCUT2D eigenvalue weighted by Crippen LogP contribution is -3.29. The molecule has 1 aromatic carbocycles. The number of hydrogen-bond donors (Lipinski definition) is 2. The topological polar surface area (TPSA) is 55.9 Å². The van der Waals surface area contributed by atoms with Gasteiger partial charge in [0.15, 0.2) is 9.84 Å². The van der Waals surface area contributed by atoms with E-state index in [1.807, 2.05) is 0 Å². The largest absolute Gasteiger partial charge is 0.322 e. The highest BCUT2D eigenvalue weighted by Gasteiger charge is 2.37. The Morgan fingerprint density at radius 2 is 1.93 bits per heavy atom. The van der Waals surface area contributed by atoms with Crippen LogP contribution in [-0.4, -0.2) is 57.1 Å². The lowest BCUT2D eigenvalue weighted by atomic mass is 10.0. The minimum Gasteiger partial charge on any atom is -0.322 e. The summed E-state index contributed by atoms with van der Waals surface area (Å²) in [4.78, 5) is 7.65. The second-order valence-electron chi connectivity index (χ2n) is 8.20. The fourth-order valence-corrected chi connectivity index (χ4v) is 6.56. The van der Waals surface area contributed by atoms with Gasteiger partial charge in [0.1, 0.15) is 49.7 Å². The normalized spacial score (nSPS) is 27.9. The molecule has 27 heavy (non-hydrogen) atoms. The van der Waals surface area contributed by atoms with Crippen LogP contribution in [0.4, 0.5) is 0 Å². The predicted molar refractivity (Wildman–Crippen MR) is 108 cm³/mol. The molecule has 1 atom stereocenters. The molecular weight excluding hydrogens is 382 g/mol. The molecule has 2 aliphatic rings. The first-order valence-corrected chi connectivity index (χ1v) is 12.0. The Labute approximate surface area is 166 Å². The van der Waals surface area contributed by atoms with E-state index in [0.717, 1.165) is 55.6 Å². The number of fused-ring (bicyclic) bond motifs is 1. The molecule has 0 saturated carbocycles. The molecule has 4 rings (SSSR count). The lowest BCUT2D eigenvalue weighted by molar-refractivity contribution is -1.03. The van der Waals surface area contributed by atoms with Gasteiger partial charge in [0.25, 0.3) is 0 Å². The number of quaternary nitrogens is 2. The first-order chi connectivity index (χ1) is 12.8. The monoisotopic (exact) mass is 409 g/mol. The van der Waals surface area contributed by atoms with Crippen LogP contribution in [0.2, 0.25) is 5.15 Å². The number of nitrogens with one attached hydrogen (secondary N) is 2. The summed E-state index contributed by atoms with van der Waals surface area (Å²) >= 11 is 6.51. The average molecular weight is 410 g/mol. The van der Waals surface area contributed by atoms with E-state index >= 15 is 0 Å². The van der Waals surface area contributed by atoms with E-state index in [1.54, 1.807) is 0 Å². The summed E-state index contributed by atoms with van der Waals surface area (Å²) in [5.41, 5.74) is 4.53. The zero-order chi connectivity index (χ0) is 19.2. The number of benzene rings is 1. The van der Waals surface area contributed by atoms with Crippen molar-refractivity contribution < 1.29 is 18.2 Å². The maximum absolute atomic E-state index is 11.7. The molecule has 3 heterocycles. The van der Waals surface area contributed by atoms with Gasteiger partial charge in [-0.2, -0.15) is 0 Å². The molecule has 7 heteroatoms. The standard InChI is InChI=1S/C20H26ClN3O2S/c1-14-3-4-16-11-17(20(21)22-19(16)15(14)2)12-23-6-8-24(9-7-23)18-5-10-27(25,26)13-18/h3-4,11,18H,5-10,12-13H2,1-2H3/p+2/t18-/m1/s1. The van der Waals surface area contributed by atoms with Crippen LogP contribution in [0, 0.1) is 13.8 Å². The summed E-state index contributed by atoms with van der Waals surface area (Å²) in [6.07, 6.45) is 0.826. The highest BCUT2D eigenvalue weighted by Crippen LogP contribution is 2.24. The van der Waals surface area contributed by atoms with Gasteiger partial charge in [0, 0.05) is 17.4 Å². The Bertz CT molecular complexity index is 969. The van der Waals surface area contributed by atoms with Crippen molar-refractivity contribution in [3.05, 3.63) is 40.0 Å². The molecule has 5 nitrogen and oxygen atoms in total. The van der Waals surface area contributed by atoms with Crippen molar-refractivity contribution in [2.75, 3.05) is 37.7 Å². The number of piperazine rings is 1. The van der Waals surface area contributed by atoms with E-state index in [0.29, 0.717) is 22.7 Å². The third-order valence-corrected chi connectivity index (χ3v) is 8.48. The van der Waals surface area contributed by atoms with Crippen molar-refractivity contribution in [1.29, 1.82) is 0 Å². The molecule has 2 saturated heterocycles. The second kappa shape index (κ2) is 7.32. The van der Waals surface area contributed by atoms with Gasteiger partial charge in [-0.05, 0) is 31.0 Å². The number of nitrogens with zero attached hydrogens (tertiary/aromatic N) is 1. The number of hydrogen-bond acceptors (Lipinski definition) is 3. The SMILES string of the molecule is Cc1ccc2cc(C[NH+]3CC[NH+]([C@@H]4CCS(=O)(=O)C4)CC3)c(Cl)nc2c1C. The summed E-state index contributed by atoms with van der Waals surface area (Å²) in [5.74, 6) is 0.742. The number of rotatable bonds is 3. The Morgan fingerprint density at radius 1 is 1.19 bits per heavy atom. The van der Waals surface area contributed by atoms with Crippen LogP contribution in [0.5, 0.6) is 0 Å². The van der Waals surface area contributed by atoms with Gasteiger partial charge in [-0.1, -0.05) is 23.7 Å². The van der Waals surface area contributed by atoms with Crippen molar-refractivity contribution in [1.82, 2.24) is 4.98 Å². The molecule has 2 aromatic rings. The predicted octanol–water partition coefficient (Wildman–Crippen LogP) is -0.0245. The molecule has 146 valence electrons. The summed E-state index contributed by atoms with van der Waals surface area (Å²) in [6.45, 7) is 9.24. The van der Waals surface area contributed by atoms with Gasteiger partial charge in [0.05, 0.1) is 11.3 Å². The van der Waals surface area contributed by atoms with Crippen LogP contribution >= 0.6 is 11.6 Å². The third-order valence-electron chi connectivity index (χ3n) is 6.39. The molecule has 0 amide bonds. The minimum absolute atomic E-state index is 0.300. The number of sulfone groups is 1. The zero-order valence-corrected chi connectivity index (χ0v) is 17.6. The van der Waals surface area contributed by atoms with Crippen molar-refractivity contribution in [2.45, 2.75) is 32.9 Å². The molecule has 0 bridgehead atoms. The van der Waals surface area contributed by atoms with Crippen LogP contribution in [0.3, 0.4) is 0 Å². The Hall–Kier alpha value is -1.21. The summed E-state index contributed by atoms with van der Waals surface area (Å²) < 4.78 is 23.5. The quantitative estimate of drug-likeness (QED) is 0.700. The van der Waals surface area contributed by atoms with Gasteiger partial charge in [0.2, 0.25) is 0 Å². The third kappa shape index (κ3) is 3.99. The molecule has 2 fully saturated rings. The molecule has 2 N–H and O–H groups in total. The molecule has 0 spiro atoms. The van der Waals surface area contributed by atoms with E-state index in [1.165, 1.54) is 20.9 Å². The van der Waals surface area contributed by atoms with Crippen LogP contribution < -0.4 is 9.80 Å². The molecule has 2 aliphatic heterocycles. The molecule has 0 radical (unpaired) electrons. The van der Waals surface area contributed by atoms with Crippen molar-refractivity contribution >= 4 is 32.3 Å². The highest BCUT2D eigenvalue weighted by atomic mass is 35.5. The van der Waals surface area contributed by atoms with Gasteiger partial charge in [-0.25, -0.2) is 13.4 Å². The van der Waals surface area contributed by atoms with Crippen molar-refractivity contribution in [3.8, 4) is 0 Å². The smallest absolute Gasteiger partial charge is 0.156 e. The Kier molecular flexibility index (Phi) is 5.18. The number of halogens is 1. The molecule has 0 unspecified atom stereocenters. The van der Waals surface area contributed by atoms with Gasteiger partial charge in [-0.3, -0.25) is 0 Å². The Morgan fingerprint density at radius 3 is 2.59 bits per heavy atom. The first-order valence-electron chi connectivity index (χ1n) is 9.76. The Balaban J connectivity index is 1.43. The van der Waals surface area contributed by atoms with Crippen LogP contribution in [-0.2, 0) is 16.4 Å². The van der Waals surface area contributed by atoms with E-state index in [9.17, 15) is 8.42 Å². The molecular formula is C20H28ClN3O2S+2. The van der Waals surface area contributed by atoms with Crippen molar-refractivity contribution in [3.63, 3.8) is 0 Å². The summed E-state index contributed by atoms with van der Waals surface area (Å²) in [7, 11) is -2.79. The van der Waals surface area contributed by atoms with Gasteiger partial charge < -0.3 is 9.80 Å². The second-order valence-corrected chi connectivity index (χ2v) is 10.8. The number of aryl methyl sites for hydroxylation is 2. The zero-order valence-electron chi connectivity index (χ0n) is 16.0. The van der Waals surface area contributed by atoms with E-state index in [2.05, 4.69) is 37.0 Å². The van der Waals surface area contributed by atoms with Crippen molar-refractivity contribution in [2.24, 2.45) is 0 Å². The van der Waals surface area contributed by atoms with Gasteiger partial charge >= 0.3 is 0 Å². The van der Waals surface area contributed by atoms with Gasteiger partial charge in [-0.15, -0.1) is 0 Å². The number of pyridine rings is 1. The maximum Gasteiger partial charge on any atom is 0.156 e. The van der Waals surface area contributed by atoms with E-state index in [4.69, 9.17) is 11.6 Å². The summed E-state index contributed by atoms with van der Waals surface area (Å²) in [5, 5.41) is 1.76. The lowest BCUT2D eigenvalue weighted by Gasteiger charge is -2.32. The van der Waals surface area contributed by atoms with Crippen LogP contribution in [0.15, 0.2) is 18.2 Å². The number of aromatic nitrogens is 1. The van der Waals surface area contributed by atoms with Crippen LogP contribution in [0.25, 0.3) is 10.9 Å². The fourth-order valence-electron chi connectivity index (χ4n) is 4.52. The summed E-state index contributed by atoms with van der Waals surface area (Å²) in [6, 6.07) is 6.76. The molecule has 0 aliphatic carbocycles. The maximum atomic E-state index is 11.7. The fraction of sp³-hybridized carbons (Fsp3) is 0.550. The van der Waals surface area contributed by atoms with Crippen LogP contribution in [0.1, 0.15) is 23.1 Å². The molecule has 1 aromatic heterocycles. The first kappa shape index (κ1) is 19.1. The van der Waals surface area contributed by atoms with E-state index < -0.39 is 9.84 Å².